The highest BCUT2D eigenvalue weighted by molar-refractivity contribution is 5.91. The van der Waals surface area contributed by atoms with Crippen LogP contribution >= 0.6 is 0 Å². The molecule has 8 heteroatoms. The van der Waals surface area contributed by atoms with Gasteiger partial charge in [0.15, 0.2) is 5.76 Å². The summed E-state index contributed by atoms with van der Waals surface area (Å²) in [6.07, 6.45) is 3.01. The number of benzene rings is 1. The number of nitrogens with zero attached hydrogens (tertiary/aromatic N) is 3. The standard InChI is InChI=1S/C23H26N4O4/c24-16-18-3-5-19(6-4-18)23(7-14-30-15-8-23)25-17-21(28)26-9-11-27(12-10-26)22(29)20-2-1-13-31-20/h1-6,13,25H,7-12,14-15,17H2. The molecule has 2 aliphatic heterocycles. The van der Waals surface area contributed by atoms with Crippen molar-refractivity contribution in [3.63, 3.8) is 0 Å². The van der Waals surface area contributed by atoms with Crippen molar-refractivity contribution in [1.82, 2.24) is 15.1 Å². The fraction of sp³-hybridized carbons (Fsp3) is 0.435. The van der Waals surface area contributed by atoms with Crippen LogP contribution in [0.3, 0.4) is 0 Å². The molecule has 3 heterocycles. The van der Waals surface area contributed by atoms with Crippen molar-refractivity contribution in [1.29, 1.82) is 5.26 Å². The third kappa shape index (κ3) is 4.63. The number of carbonyl (C=O) groups excluding carboxylic acids is 2. The zero-order chi connectivity index (χ0) is 21.7. The van der Waals surface area contributed by atoms with Gasteiger partial charge in [-0.25, -0.2) is 0 Å². The van der Waals surface area contributed by atoms with Crippen molar-refractivity contribution in [2.75, 3.05) is 45.9 Å². The second-order valence-electron chi connectivity index (χ2n) is 7.89. The average molecular weight is 422 g/mol. The van der Waals surface area contributed by atoms with Crippen LogP contribution in [0.4, 0.5) is 0 Å². The first-order chi connectivity index (χ1) is 15.1. The molecule has 2 aromatic rings. The van der Waals surface area contributed by atoms with Gasteiger partial charge in [0, 0.05) is 44.9 Å². The quantitative estimate of drug-likeness (QED) is 0.788. The Morgan fingerprint density at radius 2 is 1.71 bits per heavy atom. The molecule has 1 aromatic heterocycles. The van der Waals surface area contributed by atoms with Crippen LogP contribution in [0.25, 0.3) is 0 Å². The fourth-order valence-electron chi connectivity index (χ4n) is 4.22. The number of furan rings is 1. The summed E-state index contributed by atoms with van der Waals surface area (Å²) < 4.78 is 10.7. The molecule has 0 unspecified atom stereocenters. The Hall–Kier alpha value is -3.15. The Labute approximate surface area is 181 Å². The largest absolute Gasteiger partial charge is 0.459 e. The highest BCUT2D eigenvalue weighted by Crippen LogP contribution is 2.32. The van der Waals surface area contributed by atoms with Crippen LogP contribution in [0.2, 0.25) is 0 Å². The molecular weight excluding hydrogens is 396 g/mol. The first-order valence-corrected chi connectivity index (χ1v) is 10.6. The van der Waals surface area contributed by atoms with E-state index >= 15 is 0 Å². The van der Waals surface area contributed by atoms with E-state index in [0.717, 1.165) is 18.4 Å². The summed E-state index contributed by atoms with van der Waals surface area (Å²) in [5.41, 5.74) is 1.33. The van der Waals surface area contributed by atoms with Crippen LogP contribution in [0, 0.1) is 11.3 Å². The summed E-state index contributed by atoms with van der Waals surface area (Å²) >= 11 is 0. The summed E-state index contributed by atoms with van der Waals surface area (Å²) in [7, 11) is 0. The zero-order valence-electron chi connectivity index (χ0n) is 17.4. The van der Waals surface area contributed by atoms with E-state index < -0.39 is 0 Å². The lowest BCUT2D eigenvalue weighted by Crippen LogP contribution is -2.55. The monoisotopic (exact) mass is 422 g/mol. The predicted octanol–water partition coefficient (Wildman–Crippen LogP) is 1.73. The molecule has 8 nitrogen and oxygen atoms in total. The van der Waals surface area contributed by atoms with Crippen molar-refractivity contribution < 1.29 is 18.7 Å². The van der Waals surface area contributed by atoms with E-state index in [4.69, 9.17) is 14.4 Å². The molecule has 0 saturated carbocycles. The summed E-state index contributed by atoms with van der Waals surface area (Å²) in [5, 5.41) is 12.6. The van der Waals surface area contributed by atoms with E-state index in [9.17, 15) is 9.59 Å². The Balaban J connectivity index is 1.35. The van der Waals surface area contributed by atoms with Gasteiger partial charge in [-0.3, -0.25) is 14.9 Å². The van der Waals surface area contributed by atoms with Gasteiger partial charge >= 0.3 is 0 Å². The van der Waals surface area contributed by atoms with Gasteiger partial charge in [0.2, 0.25) is 5.91 Å². The normalized spacial score (nSPS) is 18.4. The van der Waals surface area contributed by atoms with Crippen molar-refractivity contribution in [3.8, 4) is 6.07 Å². The van der Waals surface area contributed by atoms with E-state index in [-0.39, 0.29) is 23.9 Å². The maximum absolute atomic E-state index is 12.9. The number of rotatable bonds is 5. The number of hydrogen-bond donors (Lipinski definition) is 1. The van der Waals surface area contributed by atoms with Crippen molar-refractivity contribution in [2.24, 2.45) is 0 Å². The number of amides is 2. The lowest BCUT2D eigenvalue weighted by Gasteiger charge is -2.40. The third-order valence-electron chi connectivity index (χ3n) is 6.14. The molecule has 0 bridgehead atoms. The van der Waals surface area contributed by atoms with Gasteiger partial charge in [-0.15, -0.1) is 0 Å². The Morgan fingerprint density at radius 3 is 2.32 bits per heavy atom. The summed E-state index contributed by atoms with van der Waals surface area (Å²) in [4.78, 5) is 28.8. The Kier molecular flexibility index (Phi) is 6.35. The van der Waals surface area contributed by atoms with Crippen molar-refractivity contribution in [3.05, 3.63) is 59.5 Å². The van der Waals surface area contributed by atoms with E-state index in [2.05, 4.69) is 11.4 Å². The van der Waals surface area contributed by atoms with Crippen LogP contribution < -0.4 is 5.32 Å². The van der Waals surface area contributed by atoms with E-state index in [1.54, 1.807) is 21.9 Å². The van der Waals surface area contributed by atoms with Crippen LogP contribution in [0.15, 0.2) is 47.1 Å². The van der Waals surface area contributed by atoms with E-state index in [1.807, 2.05) is 24.3 Å². The van der Waals surface area contributed by atoms with Gasteiger partial charge in [-0.2, -0.15) is 5.26 Å². The fourth-order valence-corrected chi connectivity index (χ4v) is 4.22. The number of carbonyl (C=O) groups is 2. The number of piperazine rings is 1. The lowest BCUT2D eigenvalue weighted by molar-refractivity contribution is -0.132. The summed E-state index contributed by atoms with van der Waals surface area (Å²) in [6.45, 7) is 3.43. The third-order valence-corrected chi connectivity index (χ3v) is 6.14. The van der Waals surface area contributed by atoms with Gasteiger partial charge in [0.1, 0.15) is 0 Å². The van der Waals surface area contributed by atoms with Crippen molar-refractivity contribution in [2.45, 2.75) is 18.4 Å². The number of nitriles is 1. The molecule has 2 amide bonds. The van der Waals surface area contributed by atoms with Crippen LogP contribution in [0.1, 0.15) is 34.5 Å². The second-order valence-corrected chi connectivity index (χ2v) is 7.89. The minimum Gasteiger partial charge on any atom is -0.459 e. The smallest absolute Gasteiger partial charge is 0.289 e. The Bertz CT molecular complexity index is 935. The molecule has 0 atom stereocenters. The molecular formula is C23H26N4O4. The molecule has 2 aliphatic rings. The number of hydrogen-bond acceptors (Lipinski definition) is 6. The predicted molar refractivity (Wildman–Crippen MR) is 112 cm³/mol. The molecule has 1 aromatic carbocycles. The van der Waals surface area contributed by atoms with Gasteiger partial charge in [0.05, 0.1) is 24.4 Å². The molecule has 31 heavy (non-hydrogen) atoms. The van der Waals surface area contributed by atoms with E-state index in [1.165, 1.54) is 6.26 Å². The van der Waals surface area contributed by atoms with Crippen LogP contribution in [-0.2, 0) is 15.1 Å². The first kappa shape index (κ1) is 21.1. The van der Waals surface area contributed by atoms with Crippen molar-refractivity contribution >= 4 is 11.8 Å². The molecule has 2 saturated heterocycles. The van der Waals surface area contributed by atoms with Gasteiger partial charge in [-0.05, 0) is 42.7 Å². The zero-order valence-corrected chi connectivity index (χ0v) is 17.4. The molecule has 1 N–H and O–H groups in total. The molecule has 0 aliphatic carbocycles. The van der Waals surface area contributed by atoms with Crippen LogP contribution in [-0.4, -0.2) is 67.6 Å². The number of ether oxygens (including phenoxy) is 1. The minimum atomic E-state index is -0.348. The lowest BCUT2D eigenvalue weighted by atomic mass is 9.82. The highest BCUT2D eigenvalue weighted by Gasteiger charge is 2.35. The van der Waals surface area contributed by atoms with Gasteiger partial charge < -0.3 is 19.0 Å². The molecule has 4 rings (SSSR count). The summed E-state index contributed by atoms with van der Waals surface area (Å²) in [5.74, 6) is 0.201. The SMILES string of the molecule is N#Cc1ccc(C2(NCC(=O)N3CCN(C(=O)c4ccco4)CC3)CCOCC2)cc1. The summed E-state index contributed by atoms with van der Waals surface area (Å²) in [6, 6.07) is 13.0. The number of nitrogens with one attached hydrogen (secondary N) is 1. The van der Waals surface area contributed by atoms with E-state index in [0.29, 0.717) is 50.7 Å². The molecule has 0 spiro atoms. The van der Waals surface area contributed by atoms with Gasteiger partial charge in [0.25, 0.3) is 5.91 Å². The maximum Gasteiger partial charge on any atom is 0.289 e. The maximum atomic E-state index is 12.9. The topological polar surface area (TPSA) is 98.8 Å². The minimum absolute atomic E-state index is 0.0182. The second kappa shape index (κ2) is 9.33. The highest BCUT2D eigenvalue weighted by atomic mass is 16.5. The molecule has 0 radical (unpaired) electrons. The van der Waals surface area contributed by atoms with Gasteiger partial charge in [-0.1, -0.05) is 12.1 Å². The first-order valence-electron chi connectivity index (χ1n) is 10.6. The Morgan fingerprint density at radius 1 is 1.03 bits per heavy atom. The van der Waals surface area contributed by atoms with Crippen LogP contribution in [0.5, 0.6) is 0 Å². The molecule has 2 fully saturated rings. The molecule has 162 valence electrons. The average Bonchev–Trinajstić information content (AvgIpc) is 3.38.